The highest BCUT2D eigenvalue weighted by atomic mass is 16.5. The first kappa shape index (κ1) is 11.9. The Kier molecular flexibility index (Phi) is 2.96. The van der Waals surface area contributed by atoms with E-state index in [-0.39, 0.29) is 0 Å². The first-order valence-corrected chi connectivity index (χ1v) is 7.03. The molecule has 3 rings (SSSR count). The Labute approximate surface area is 104 Å². The maximum Gasteiger partial charge on any atom is 0.0557 e. The molecule has 0 aromatic carbocycles. The maximum atomic E-state index is 5.82. The van der Waals surface area contributed by atoms with Crippen LogP contribution in [-0.4, -0.2) is 50.5 Å². The average Bonchev–Trinajstić information content (AvgIpc) is 2.84. The van der Waals surface area contributed by atoms with E-state index in [9.17, 15) is 0 Å². The molecule has 1 aliphatic carbocycles. The van der Waals surface area contributed by atoms with Crippen molar-refractivity contribution in [1.82, 2.24) is 4.90 Å². The molecule has 0 aromatic heterocycles. The van der Waals surface area contributed by atoms with Gasteiger partial charge in [0, 0.05) is 23.9 Å². The van der Waals surface area contributed by atoms with Crippen LogP contribution in [0, 0.1) is 10.8 Å². The van der Waals surface area contributed by atoms with E-state index in [0.717, 1.165) is 19.8 Å². The Hall–Kier alpha value is -0.120. The molecule has 0 bridgehead atoms. The summed E-state index contributed by atoms with van der Waals surface area (Å²) in [7, 11) is 0. The number of hydrogen-bond acceptors (Lipinski definition) is 3. The Morgan fingerprint density at radius 2 is 2.00 bits per heavy atom. The van der Waals surface area contributed by atoms with Crippen molar-refractivity contribution in [3.8, 4) is 0 Å². The van der Waals surface area contributed by atoms with Gasteiger partial charge in [-0.05, 0) is 39.7 Å². The van der Waals surface area contributed by atoms with E-state index in [1.54, 1.807) is 0 Å². The second kappa shape index (κ2) is 4.22. The van der Waals surface area contributed by atoms with Gasteiger partial charge in [-0.3, -0.25) is 0 Å². The minimum atomic E-state index is 0.373. The summed E-state index contributed by atoms with van der Waals surface area (Å²) in [6.45, 7) is 11.0. The molecule has 1 spiro atoms. The van der Waals surface area contributed by atoms with Gasteiger partial charge >= 0.3 is 0 Å². The molecule has 2 heterocycles. The Balaban J connectivity index is 1.47. The van der Waals surface area contributed by atoms with Crippen molar-refractivity contribution in [1.29, 1.82) is 0 Å². The van der Waals surface area contributed by atoms with E-state index in [4.69, 9.17) is 9.47 Å². The van der Waals surface area contributed by atoms with Gasteiger partial charge in [0.05, 0.1) is 25.9 Å². The Morgan fingerprint density at radius 3 is 2.47 bits per heavy atom. The molecule has 0 N–H and O–H groups in total. The van der Waals surface area contributed by atoms with E-state index >= 15 is 0 Å². The fourth-order valence-electron chi connectivity index (χ4n) is 3.13. The predicted molar refractivity (Wildman–Crippen MR) is 67.1 cm³/mol. The molecule has 0 radical (unpaired) electrons. The lowest BCUT2D eigenvalue weighted by Gasteiger charge is -2.38. The zero-order valence-electron chi connectivity index (χ0n) is 11.2. The quantitative estimate of drug-likeness (QED) is 0.731. The normalized spacial score (nSPS) is 29.8. The molecular weight excluding hydrogens is 214 g/mol. The zero-order chi connectivity index (χ0) is 11.9. The summed E-state index contributed by atoms with van der Waals surface area (Å²) >= 11 is 0. The van der Waals surface area contributed by atoms with Gasteiger partial charge in [0.2, 0.25) is 0 Å². The molecule has 3 heteroatoms. The molecule has 2 saturated heterocycles. The predicted octanol–water partition coefficient (Wildman–Crippen LogP) is 1.91. The smallest absolute Gasteiger partial charge is 0.0557 e. The molecule has 3 nitrogen and oxygen atoms in total. The Morgan fingerprint density at radius 1 is 1.24 bits per heavy atom. The van der Waals surface area contributed by atoms with Crippen LogP contribution in [0.3, 0.4) is 0 Å². The molecule has 3 aliphatic rings. The second-order valence-electron chi connectivity index (χ2n) is 6.81. The van der Waals surface area contributed by atoms with Crippen LogP contribution in [0.1, 0.15) is 33.1 Å². The summed E-state index contributed by atoms with van der Waals surface area (Å²) in [4.78, 5) is 2.65. The van der Waals surface area contributed by atoms with Gasteiger partial charge in [-0.25, -0.2) is 0 Å². The molecule has 0 atom stereocenters. The number of rotatable bonds is 5. The molecule has 0 unspecified atom stereocenters. The standard InChI is InChI=1S/C14H25NO2/c1-12(2)17-11-13(3-4-13)7-15-6-5-14(8-15)9-16-10-14/h12H,3-11H2,1-2H3. The third-order valence-corrected chi connectivity index (χ3v) is 4.57. The molecule has 17 heavy (non-hydrogen) atoms. The SMILES string of the molecule is CC(C)OCC1(CN2CCC3(COC3)C2)CC1. The zero-order valence-corrected chi connectivity index (χ0v) is 11.2. The van der Waals surface area contributed by atoms with Crippen molar-refractivity contribution in [2.45, 2.75) is 39.2 Å². The fraction of sp³-hybridized carbons (Fsp3) is 1.00. The molecule has 0 amide bonds. The van der Waals surface area contributed by atoms with E-state index < -0.39 is 0 Å². The van der Waals surface area contributed by atoms with Crippen molar-refractivity contribution >= 4 is 0 Å². The molecule has 1 saturated carbocycles. The van der Waals surface area contributed by atoms with Gasteiger partial charge in [-0.1, -0.05) is 0 Å². The van der Waals surface area contributed by atoms with Gasteiger partial charge in [-0.15, -0.1) is 0 Å². The highest BCUT2D eigenvalue weighted by Crippen LogP contribution is 2.48. The van der Waals surface area contributed by atoms with Crippen molar-refractivity contribution in [3.05, 3.63) is 0 Å². The van der Waals surface area contributed by atoms with Crippen LogP contribution in [0.2, 0.25) is 0 Å². The number of ether oxygens (including phenoxy) is 2. The van der Waals surface area contributed by atoms with Crippen LogP contribution in [-0.2, 0) is 9.47 Å². The third-order valence-electron chi connectivity index (χ3n) is 4.57. The van der Waals surface area contributed by atoms with Gasteiger partial charge in [0.25, 0.3) is 0 Å². The lowest BCUT2D eigenvalue weighted by Crippen LogP contribution is -2.45. The van der Waals surface area contributed by atoms with Crippen molar-refractivity contribution in [2.24, 2.45) is 10.8 Å². The summed E-state index contributed by atoms with van der Waals surface area (Å²) in [6, 6.07) is 0. The van der Waals surface area contributed by atoms with Crippen LogP contribution in [0.4, 0.5) is 0 Å². The molecule has 2 aliphatic heterocycles. The van der Waals surface area contributed by atoms with Gasteiger partial charge < -0.3 is 14.4 Å². The molecular formula is C14H25NO2. The van der Waals surface area contributed by atoms with Gasteiger partial charge in [0.1, 0.15) is 0 Å². The van der Waals surface area contributed by atoms with Crippen LogP contribution < -0.4 is 0 Å². The molecule has 0 aromatic rings. The summed E-state index contributed by atoms with van der Waals surface area (Å²) in [5.41, 5.74) is 1.04. The first-order chi connectivity index (χ1) is 8.12. The topological polar surface area (TPSA) is 21.7 Å². The van der Waals surface area contributed by atoms with Gasteiger partial charge in [-0.2, -0.15) is 0 Å². The number of nitrogens with zero attached hydrogens (tertiary/aromatic N) is 1. The van der Waals surface area contributed by atoms with E-state index in [1.807, 2.05) is 0 Å². The second-order valence-corrected chi connectivity index (χ2v) is 6.81. The molecule has 3 fully saturated rings. The van der Waals surface area contributed by atoms with E-state index in [1.165, 1.54) is 38.9 Å². The van der Waals surface area contributed by atoms with Crippen LogP contribution in [0.25, 0.3) is 0 Å². The van der Waals surface area contributed by atoms with Crippen molar-refractivity contribution < 1.29 is 9.47 Å². The fourth-order valence-corrected chi connectivity index (χ4v) is 3.13. The molecule has 98 valence electrons. The largest absolute Gasteiger partial charge is 0.380 e. The average molecular weight is 239 g/mol. The minimum Gasteiger partial charge on any atom is -0.380 e. The van der Waals surface area contributed by atoms with Gasteiger partial charge in [0.15, 0.2) is 0 Å². The monoisotopic (exact) mass is 239 g/mol. The van der Waals surface area contributed by atoms with Crippen molar-refractivity contribution in [3.63, 3.8) is 0 Å². The van der Waals surface area contributed by atoms with E-state index in [0.29, 0.717) is 16.9 Å². The van der Waals surface area contributed by atoms with Crippen molar-refractivity contribution in [2.75, 3.05) is 39.5 Å². The lowest BCUT2D eigenvalue weighted by molar-refractivity contribution is -0.105. The lowest BCUT2D eigenvalue weighted by atomic mass is 9.85. The third kappa shape index (κ3) is 2.51. The maximum absolute atomic E-state index is 5.82. The Bertz CT molecular complexity index is 282. The van der Waals surface area contributed by atoms with Crippen LogP contribution in [0.5, 0.6) is 0 Å². The summed E-state index contributed by atoms with van der Waals surface area (Å²) < 4.78 is 11.2. The van der Waals surface area contributed by atoms with Crippen LogP contribution in [0.15, 0.2) is 0 Å². The highest BCUT2D eigenvalue weighted by molar-refractivity contribution is 5.00. The number of likely N-dealkylation sites (tertiary alicyclic amines) is 1. The first-order valence-electron chi connectivity index (χ1n) is 7.03. The number of hydrogen-bond donors (Lipinski definition) is 0. The van der Waals surface area contributed by atoms with E-state index in [2.05, 4.69) is 18.7 Å². The van der Waals surface area contributed by atoms with Crippen LogP contribution >= 0.6 is 0 Å². The summed E-state index contributed by atoms with van der Waals surface area (Å²) in [5.74, 6) is 0. The minimum absolute atomic E-state index is 0.373. The summed E-state index contributed by atoms with van der Waals surface area (Å²) in [6.07, 6.45) is 4.44. The highest BCUT2D eigenvalue weighted by Gasteiger charge is 2.49. The summed E-state index contributed by atoms with van der Waals surface area (Å²) in [5, 5.41) is 0.